The van der Waals surface area contributed by atoms with Gasteiger partial charge in [0.25, 0.3) is 8.32 Å². The molecule has 77 heavy (non-hydrogen) atoms. The number of nitriles is 1. The Morgan fingerprint density at radius 1 is 0.844 bits per heavy atom. The maximum atomic E-state index is 15.1. The van der Waals surface area contributed by atoms with Crippen molar-refractivity contribution in [2.24, 2.45) is 5.92 Å². The van der Waals surface area contributed by atoms with Crippen molar-refractivity contribution in [1.82, 2.24) is 14.7 Å². The average molecular weight is 1090 g/mol. The first-order chi connectivity index (χ1) is 36.3. The Morgan fingerprint density at radius 3 is 1.95 bits per heavy atom. The summed E-state index contributed by atoms with van der Waals surface area (Å²) in [6.45, 7) is 26.0. The van der Waals surface area contributed by atoms with Gasteiger partial charge in [0, 0.05) is 48.6 Å². The molecule has 0 unspecified atom stereocenters. The van der Waals surface area contributed by atoms with Gasteiger partial charge in [-0.05, 0) is 86.8 Å². The second kappa shape index (κ2) is 22.6. The van der Waals surface area contributed by atoms with Crippen molar-refractivity contribution >= 4 is 39.1 Å². The van der Waals surface area contributed by atoms with Crippen molar-refractivity contribution in [1.29, 1.82) is 5.26 Å². The molecule has 0 radical (unpaired) electrons. The van der Waals surface area contributed by atoms with E-state index in [2.05, 4.69) is 147 Å². The number of ether oxygens (including phenoxy) is 6. The molecule has 4 aromatic carbocycles. The highest BCUT2D eigenvalue weighted by molar-refractivity contribution is 6.99. The molecule has 4 aliphatic heterocycles. The van der Waals surface area contributed by atoms with Crippen LogP contribution in [-0.2, 0) is 40.9 Å². The van der Waals surface area contributed by atoms with Crippen molar-refractivity contribution in [3.8, 4) is 23.3 Å². The molecular weight excluding hydrogens is 1000 g/mol. The van der Waals surface area contributed by atoms with Crippen molar-refractivity contribution in [2.45, 2.75) is 173 Å². The van der Waals surface area contributed by atoms with Gasteiger partial charge in [-0.2, -0.15) is 5.26 Å². The van der Waals surface area contributed by atoms with Crippen LogP contribution in [0.1, 0.15) is 103 Å². The summed E-state index contributed by atoms with van der Waals surface area (Å²) in [7, 11) is 1.89. The van der Waals surface area contributed by atoms with Crippen LogP contribution in [-0.4, -0.2) is 133 Å². The molecule has 3 saturated heterocycles. The van der Waals surface area contributed by atoms with E-state index >= 15 is 4.79 Å². The molecule has 10 atom stereocenters. The molecule has 0 aliphatic carbocycles. The second-order valence-corrected chi connectivity index (χ2v) is 33.7. The van der Waals surface area contributed by atoms with Crippen LogP contribution in [0.5, 0.6) is 17.2 Å². The van der Waals surface area contributed by atoms with Crippen LogP contribution in [0.15, 0.2) is 91.0 Å². The smallest absolute Gasteiger partial charge is 0.410 e. The standard InChI is InChI=1S/C61H84N4O10Si2/c1-39-54(68-13)46-33-48-53-43(37-72-77(60(7,8)9,44-28-22-18-23-29-44)45-30-24-19-25-31-45)32-47(65(53)58(67)71-36-42-26-20-17-21-27-42)49(35-62)64(48)50(52(46)56(55(39)69-14)74-41(3)66)38-70-51-34-61(10,57(63(11)12)40(2)73-51)75-76(15,16)59(4,5)6/h17-31,40,43,47-51,53,57H,32-34,36-38H2,1-16H3/t40-,43-,47+,48-,49-,50-,51+,53-,57+,61-/m0/s1. The zero-order chi connectivity index (χ0) is 56.0. The third-order valence-corrected chi connectivity index (χ3v) is 27.0. The highest BCUT2D eigenvalue weighted by atomic mass is 28.4. The lowest BCUT2D eigenvalue weighted by Gasteiger charge is -2.56. The Labute approximate surface area is 460 Å². The van der Waals surface area contributed by atoms with E-state index in [1.165, 1.54) is 6.92 Å². The molecule has 3 fully saturated rings. The van der Waals surface area contributed by atoms with Crippen molar-refractivity contribution < 1.29 is 46.9 Å². The molecule has 14 nitrogen and oxygen atoms in total. The summed E-state index contributed by atoms with van der Waals surface area (Å²) >= 11 is 0. The van der Waals surface area contributed by atoms with E-state index in [0.717, 1.165) is 21.5 Å². The number of hydrogen-bond donors (Lipinski definition) is 0. The minimum absolute atomic E-state index is 0.0205. The molecule has 4 heterocycles. The van der Waals surface area contributed by atoms with Gasteiger partial charge in [-0.25, -0.2) is 4.79 Å². The summed E-state index contributed by atoms with van der Waals surface area (Å²) in [6, 6.07) is 30.2. The fraction of sp³-hybridized carbons (Fsp3) is 0.557. The summed E-state index contributed by atoms with van der Waals surface area (Å²) in [6.07, 6.45) is -0.272. The van der Waals surface area contributed by atoms with Crippen LogP contribution in [0.4, 0.5) is 4.79 Å². The Hall–Kier alpha value is -5.10. The van der Waals surface area contributed by atoms with E-state index < -0.39 is 70.8 Å². The van der Waals surface area contributed by atoms with Gasteiger partial charge >= 0.3 is 12.1 Å². The van der Waals surface area contributed by atoms with Crippen LogP contribution < -0.4 is 24.6 Å². The number of nitrogens with zero attached hydrogens (tertiary/aromatic N) is 4. The number of hydrogen-bond acceptors (Lipinski definition) is 13. The van der Waals surface area contributed by atoms with Crippen molar-refractivity contribution in [3.63, 3.8) is 0 Å². The number of methoxy groups -OCH3 is 2. The number of fused-ring (bicyclic) bond motifs is 5. The zero-order valence-electron chi connectivity index (χ0n) is 48.5. The van der Waals surface area contributed by atoms with Crippen LogP contribution >= 0.6 is 0 Å². The summed E-state index contributed by atoms with van der Waals surface area (Å²) in [5.41, 5.74) is 2.25. The summed E-state index contributed by atoms with van der Waals surface area (Å²) in [5.74, 6) is 0.380. The Kier molecular flexibility index (Phi) is 17.0. The van der Waals surface area contributed by atoms with Gasteiger partial charge in [-0.3, -0.25) is 14.6 Å². The molecule has 416 valence electrons. The third kappa shape index (κ3) is 10.9. The lowest BCUT2D eigenvalue weighted by atomic mass is 9.79. The molecule has 1 amide bonds. The van der Waals surface area contributed by atoms with Crippen LogP contribution in [0.2, 0.25) is 23.2 Å². The number of amides is 1. The van der Waals surface area contributed by atoms with E-state index in [9.17, 15) is 10.1 Å². The second-order valence-electron chi connectivity index (χ2n) is 24.7. The number of carbonyl (C=O) groups is 2. The molecule has 4 aliphatic rings. The number of carbonyl (C=O) groups excluding carboxylic acids is 2. The molecule has 8 rings (SSSR count). The van der Waals surface area contributed by atoms with Gasteiger partial charge in [-0.15, -0.1) is 0 Å². The molecule has 4 aromatic rings. The maximum Gasteiger partial charge on any atom is 0.410 e. The van der Waals surface area contributed by atoms with Gasteiger partial charge in [0.1, 0.15) is 18.4 Å². The largest absolute Gasteiger partial charge is 0.496 e. The predicted octanol–water partition coefficient (Wildman–Crippen LogP) is 9.95. The molecule has 16 heteroatoms. The van der Waals surface area contributed by atoms with E-state index in [-0.39, 0.29) is 47.1 Å². The monoisotopic (exact) mass is 1090 g/mol. The molecule has 0 spiro atoms. The summed E-state index contributed by atoms with van der Waals surface area (Å²) < 4.78 is 54.1. The number of esters is 1. The first-order valence-electron chi connectivity index (χ1n) is 27.3. The third-order valence-electron chi connectivity index (χ3n) is 17.4. The normalized spacial score (nSPS) is 26.6. The minimum atomic E-state index is -3.09. The van der Waals surface area contributed by atoms with Crippen molar-refractivity contribution in [3.05, 3.63) is 113 Å². The van der Waals surface area contributed by atoms with E-state index in [1.54, 1.807) is 14.2 Å². The molecule has 0 aromatic heterocycles. The van der Waals surface area contributed by atoms with E-state index in [4.69, 9.17) is 37.3 Å². The lowest BCUT2D eigenvalue weighted by Crippen LogP contribution is -2.69. The van der Waals surface area contributed by atoms with Crippen LogP contribution in [0.3, 0.4) is 0 Å². The van der Waals surface area contributed by atoms with Gasteiger partial charge < -0.3 is 42.2 Å². The first-order valence-corrected chi connectivity index (χ1v) is 32.2. The fourth-order valence-corrected chi connectivity index (χ4v) is 19.8. The number of rotatable bonds is 16. The Bertz CT molecular complexity index is 2730. The van der Waals surface area contributed by atoms with E-state index in [0.29, 0.717) is 48.5 Å². The van der Waals surface area contributed by atoms with Gasteiger partial charge in [0.2, 0.25) is 0 Å². The predicted molar refractivity (Wildman–Crippen MR) is 304 cm³/mol. The van der Waals surface area contributed by atoms with Crippen LogP contribution in [0, 0.1) is 24.2 Å². The molecule has 2 bridgehead atoms. The van der Waals surface area contributed by atoms with Crippen LogP contribution in [0.25, 0.3) is 0 Å². The fourth-order valence-electron chi connectivity index (χ4n) is 13.5. The molecular formula is C61H84N4O10Si2. The van der Waals surface area contributed by atoms with Gasteiger partial charge in [0.05, 0.1) is 62.8 Å². The minimum Gasteiger partial charge on any atom is -0.496 e. The number of benzene rings is 4. The SMILES string of the molecule is COc1c(C)c(OC)c(OC(C)=O)c2c1C[C@H]1[C@@H]3[C@H](CO[Si](c4ccccc4)(c4ccccc4)C(C)(C)C)C[C@H]([C@H](C#N)N1[C@H]2CO[C@H]1C[C@](C)(O[Si](C)(C)C(C)(C)C)[C@H](N(C)C)[C@H](C)O1)N3C(=O)OCc1ccccc1. The van der Waals surface area contributed by atoms with Gasteiger partial charge in [-0.1, -0.05) is 133 Å². The Balaban J connectivity index is 1.28. The quantitative estimate of drug-likeness (QED) is 0.0598. The Morgan fingerprint density at radius 2 is 1.43 bits per heavy atom. The van der Waals surface area contributed by atoms with E-state index in [1.807, 2.05) is 54.3 Å². The maximum absolute atomic E-state index is 15.1. The zero-order valence-corrected chi connectivity index (χ0v) is 50.5. The highest BCUT2D eigenvalue weighted by Crippen LogP contribution is 2.56. The molecule has 0 N–H and O–H groups in total. The first kappa shape index (κ1) is 58.1. The number of piperazine rings is 1. The summed E-state index contributed by atoms with van der Waals surface area (Å²) in [5, 5.41) is 13.7. The van der Waals surface area contributed by atoms with Gasteiger partial charge in [0.15, 0.2) is 26.1 Å². The van der Waals surface area contributed by atoms with Crippen molar-refractivity contribution in [2.75, 3.05) is 41.5 Å². The highest BCUT2D eigenvalue weighted by Gasteiger charge is 2.63. The average Bonchev–Trinajstić information content (AvgIpc) is 3.78. The lowest BCUT2D eigenvalue weighted by molar-refractivity contribution is -0.257. The topological polar surface area (TPSA) is 141 Å². The molecule has 0 saturated carbocycles. The summed E-state index contributed by atoms with van der Waals surface area (Å²) in [4.78, 5) is 34.7. The number of likely N-dealkylation sites (N-methyl/N-ethyl adjacent to an activating group) is 1.